The topological polar surface area (TPSA) is 96.0 Å². The minimum Gasteiger partial charge on any atom is -0.482 e. The Morgan fingerprint density at radius 1 is 1.03 bits per heavy atom. The van der Waals surface area contributed by atoms with Crippen LogP contribution in [0.1, 0.15) is 24.8 Å². The zero-order chi connectivity index (χ0) is 25.7. The maximum absolute atomic E-state index is 12.8. The number of benzene rings is 2. The van der Waals surface area contributed by atoms with Gasteiger partial charge in [0, 0.05) is 13.1 Å². The van der Waals surface area contributed by atoms with Gasteiger partial charge >= 0.3 is 0 Å². The molecule has 2 heterocycles. The maximum atomic E-state index is 12.8. The van der Waals surface area contributed by atoms with Gasteiger partial charge in [0.25, 0.3) is 17.1 Å². The minimum atomic E-state index is -0.511. The zero-order valence-corrected chi connectivity index (χ0v) is 21.5. The number of hydrogen-bond donors (Lipinski definition) is 1. The van der Waals surface area contributed by atoms with Gasteiger partial charge in [0.1, 0.15) is 12.3 Å². The van der Waals surface area contributed by atoms with Crippen LogP contribution < -0.4 is 10.1 Å². The van der Waals surface area contributed by atoms with Gasteiger partial charge < -0.3 is 15.0 Å². The van der Waals surface area contributed by atoms with Gasteiger partial charge in [-0.15, -0.1) is 0 Å². The highest BCUT2D eigenvalue weighted by atomic mass is 35.5. The molecule has 2 aromatic rings. The first-order valence-electron chi connectivity index (χ1n) is 11.3. The van der Waals surface area contributed by atoms with Gasteiger partial charge in [-0.2, -0.15) is 0 Å². The summed E-state index contributed by atoms with van der Waals surface area (Å²) in [5.41, 5.74) is 1.04. The lowest BCUT2D eigenvalue weighted by atomic mass is 10.1. The summed E-state index contributed by atoms with van der Waals surface area (Å²) in [6.07, 6.45) is 4.48. The molecule has 2 aromatic carbocycles. The van der Waals surface area contributed by atoms with E-state index in [1.165, 1.54) is 6.08 Å². The number of para-hydroxylation sites is 1. The van der Waals surface area contributed by atoms with Crippen LogP contribution in [0.25, 0.3) is 6.08 Å². The van der Waals surface area contributed by atoms with Crippen molar-refractivity contribution in [3.8, 4) is 5.75 Å². The molecule has 2 aliphatic heterocycles. The van der Waals surface area contributed by atoms with Crippen LogP contribution in [0, 0.1) is 0 Å². The summed E-state index contributed by atoms with van der Waals surface area (Å²) in [4.78, 5) is 52.7. The number of hydrogen-bond acceptors (Lipinski definition) is 6. The first kappa shape index (κ1) is 26.1. The van der Waals surface area contributed by atoms with Gasteiger partial charge in [0.15, 0.2) is 6.61 Å². The van der Waals surface area contributed by atoms with Gasteiger partial charge in [-0.1, -0.05) is 41.4 Å². The summed E-state index contributed by atoms with van der Waals surface area (Å²) in [6, 6.07) is 11.6. The predicted octanol–water partition coefficient (Wildman–Crippen LogP) is 5.06. The first-order chi connectivity index (χ1) is 17.3. The van der Waals surface area contributed by atoms with Crippen LogP contribution in [0.5, 0.6) is 5.75 Å². The molecule has 188 valence electrons. The number of nitrogens with zero attached hydrogens (tertiary/aromatic N) is 2. The number of carbonyl (C=O) groups excluding carboxylic acids is 4. The van der Waals surface area contributed by atoms with Gasteiger partial charge in [0.05, 0.1) is 20.6 Å². The Kier molecular flexibility index (Phi) is 8.56. The van der Waals surface area contributed by atoms with E-state index in [9.17, 15) is 19.2 Å². The minimum absolute atomic E-state index is 0.204. The van der Waals surface area contributed by atoms with Crippen molar-refractivity contribution in [1.82, 2.24) is 9.80 Å². The Morgan fingerprint density at radius 2 is 1.78 bits per heavy atom. The molecule has 0 spiro atoms. The van der Waals surface area contributed by atoms with Crippen molar-refractivity contribution in [3.63, 3.8) is 0 Å². The smallest absolute Gasteiger partial charge is 0.294 e. The van der Waals surface area contributed by atoms with Gasteiger partial charge in [-0.3, -0.25) is 24.1 Å². The van der Waals surface area contributed by atoms with Crippen molar-refractivity contribution in [2.45, 2.75) is 19.3 Å². The lowest BCUT2D eigenvalue weighted by molar-refractivity contribution is -0.136. The molecule has 0 bridgehead atoms. The van der Waals surface area contributed by atoms with Crippen molar-refractivity contribution in [1.29, 1.82) is 0 Å². The Bertz CT molecular complexity index is 1230. The molecule has 0 radical (unpaired) electrons. The Balaban J connectivity index is 1.35. The van der Waals surface area contributed by atoms with E-state index in [4.69, 9.17) is 27.9 Å². The van der Waals surface area contributed by atoms with Crippen molar-refractivity contribution < 1.29 is 23.9 Å². The van der Waals surface area contributed by atoms with Crippen LogP contribution in [-0.2, 0) is 14.4 Å². The van der Waals surface area contributed by atoms with Crippen molar-refractivity contribution in [3.05, 3.63) is 63.0 Å². The summed E-state index contributed by atoms with van der Waals surface area (Å²) in [5.74, 6) is -0.858. The molecule has 36 heavy (non-hydrogen) atoms. The molecule has 4 amide bonds. The molecule has 2 saturated heterocycles. The Morgan fingerprint density at radius 3 is 2.50 bits per heavy atom. The van der Waals surface area contributed by atoms with Crippen molar-refractivity contribution >= 4 is 69.7 Å². The number of rotatable bonds is 7. The van der Waals surface area contributed by atoms with Crippen molar-refractivity contribution in [2.24, 2.45) is 0 Å². The number of carbonyl (C=O) groups is 4. The molecule has 1 N–H and O–H groups in total. The van der Waals surface area contributed by atoms with Crippen LogP contribution in [-0.4, -0.2) is 59.0 Å². The third kappa shape index (κ3) is 6.40. The third-order valence-corrected chi connectivity index (χ3v) is 7.17. The van der Waals surface area contributed by atoms with E-state index in [1.807, 2.05) is 0 Å². The molecule has 0 atom stereocenters. The molecule has 0 unspecified atom stereocenters. The molecule has 0 aliphatic carbocycles. The monoisotopic (exact) mass is 547 g/mol. The van der Waals surface area contributed by atoms with E-state index < -0.39 is 17.1 Å². The number of nitrogens with one attached hydrogen (secondary N) is 1. The molecule has 11 heteroatoms. The Hall–Kier alpha value is -3.01. The summed E-state index contributed by atoms with van der Waals surface area (Å²) in [5, 5.41) is 2.82. The number of piperidine rings is 1. The maximum Gasteiger partial charge on any atom is 0.294 e. The van der Waals surface area contributed by atoms with Crippen LogP contribution >= 0.6 is 35.0 Å². The summed E-state index contributed by atoms with van der Waals surface area (Å²) < 4.78 is 5.51. The number of imide groups is 1. The highest BCUT2D eigenvalue weighted by molar-refractivity contribution is 8.18. The predicted molar refractivity (Wildman–Crippen MR) is 140 cm³/mol. The first-order valence-corrected chi connectivity index (χ1v) is 12.9. The second kappa shape index (κ2) is 11.8. The van der Waals surface area contributed by atoms with E-state index in [-0.39, 0.29) is 34.7 Å². The van der Waals surface area contributed by atoms with E-state index in [2.05, 4.69) is 5.32 Å². The van der Waals surface area contributed by atoms with E-state index >= 15 is 0 Å². The molecule has 2 aliphatic rings. The SMILES string of the molecule is O=C(COc1ccc(/C=C2\SC(=O)N(CC(=O)N3CCCCC3)C2=O)cc1Cl)Nc1ccccc1Cl. The van der Waals surface area contributed by atoms with Gasteiger partial charge in [0.2, 0.25) is 5.91 Å². The zero-order valence-electron chi connectivity index (χ0n) is 19.2. The summed E-state index contributed by atoms with van der Waals surface area (Å²) >= 11 is 13.1. The highest BCUT2D eigenvalue weighted by Crippen LogP contribution is 2.34. The lowest BCUT2D eigenvalue weighted by Crippen LogP contribution is -2.44. The molecule has 2 fully saturated rings. The fraction of sp³-hybridized carbons (Fsp3) is 0.280. The van der Waals surface area contributed by atoms with Crippen LogP contribution in [0.3, 0.4) is 0 Å². The van der Waals surface area contributed by atoms with Crippen LogP contribution in [0.2, 0.25) is 10.0 Å². The lowest BCUT2D eigenvalue weighted by Gasteiger charge is -2.27. The fourth-order valence-electron chi connectivity index (χ4n) is 3.78. The standard InChI is InChI=1S/C25H23Cl2N3O5S/c26-17-6-2-3-7-19(17)28-22(31)15-35-20-9-8-16(12-18(20)27)13-21-24(33)30(25(34)36-21)14-23(32)29-10-4-1-5-11-29/h2-3,6-9,12-13H,1,4-5,10-11,14-15H2,(H,28,31)/b21-13-. The number of amides is 4. The Labute approximate surface area is 222 Å². The molecule has 4 rings (SSSR count). The van der Waals surface area contributed by atoms with Crippen LogP contribution in [0.4, 0.5) is 10.5 Å². The highest BCUT2D eigenvalue weighted by Gasteiger charge is 2.37. The summed E-state index contributed by atoms with van der Waals surface area (Å²) in [7, 11) is 0. The van der Waals surface area contributed by atoms with E-state index in [0.29, 0.717) is 29.4 Å². The number of halogens is 2. The normalized spacial score (nSPS) is 17.0. The second-order valence-electron chi connectivity index (χ2n) is 8.22. The van der Waals surface area contributed by atoms with Gasteiger partial charge in [-0.25, -0.2) is 0 Å². The molecule has 0 saturated carbocycles. The molecule has 0 aromatic heterocycles. The molecular weight excluding hydrogens is 525 g/mol. The molecular formula is C25H23Cl2N3O5S. The molecule has 8 nitrogen and oxygen atoms in total. The largest absolute Gasteiger partial charge is 0.482 e. The van der Waals surface area contributed by atoms with Crippen LogP contribution in [0.15, 0.2) is 47.4 Å². The number of ether oxygens (including phenoxy) is 1. The van der Waals surface area contributed by atoms with Crippen molar-refractivity contribution in [2.75, 3.05) is 31.6 Å². The third-order valence-electron chi connectivity index (χ3n) is 5.64. The summed E-state index contributed by atoms with van der Waals surface area (Å²) in [6.45, 7) is 0.763. The number of anilines is 1. The quantitative estimate of drug-likeness (QED) is 0.486. The van der Waals surface area contributed by atoms with Gasteiger partial charge in [-0.05, 0) is 66.9 Å². The number of likely N-dealkylation sites (tertiary alicyclic amines) is 1. The average Bonchev–Trinajstić information content (AvgIpc) is 3.12. The van der Waals surface area contributed by atoms with E-state index in [1.54, 1.807) is 47.4 Å². The number of thioether (sulfide) groups is 1. The second-order valence-corrected chi connectivity index (χ2v) is 10.0. The van der Waals surface area contributed by atoms with E-state index in [0.717, 1.165) is 35.9 Å². The fourth-order valence-corrected chi connectivity index (χ4v) is 5.05. The average molecular weight is 548 g/mol.